The maximum Gasteiger partial charge on any atom is 0.407 e. The number of nitrogens with one attached hydrogen (secondary N) is 3. The number of benzene rings is 1. The summed E-state index contributed by atoms with van der Waals surface area (Å²) in [7, 11) is -2.29. The molecule has 7 rings (SSSR count). The molecule has 3 N–H and O–H groups in total. The molecule has 2 aromatic rings. The molecule has 1 aromatic carbocycles. The Kier molecular flexibility index (Phi) is 13.4. The second kappa shape index (κ2) is 18.4. The minimum atomic E-state index is -3.91. The van der Waals surface area contributed by atoms with Crippen LogP contribution in [0.2, 0.25) is 0 Å². The van der Waals surface area contributed by atoms with Crippen molar-refractivity contribution in [2.75, 3.05) is 26.9 Å². The SMILES string of the molecule is C=C[C@@H]1C[C@]1(NC(=O)[C@@H]1C[C@@H]2CN1C(=O)[C@H](C1CCCCC1)NC(=O)OCC(C)(C)CCCc1cc3c(cc(OCCCCC)nc3cc1OC)O2)C(=O)NS(=O)(=O)C1CC1. The Morgan fingerprint density at radius 1 is 1.08 bits per heavy atom. The lowest BCUT2D eigenvalue weighted by molar-refractivity contribution is -0.142. The van der Waals surface area contributed by atoms with Gasteiger partial charge < -0.3 is 34.5 Å². The first-order chi connectivity index (χ1) is 29.2. The molecule has 4 fully saturated rings. The summed E-state index contributed by atoms with van der Waals surface area (Å²) < 4.78 is 52.6. The topological polar surface area (TPSA) is 192 Å². The second-order valence-corrected chi connectivity index (χ2v) is 20.4. The first-order valence-corrected chi connectivity index (χ1v) is 23.8. The van der Waals surface area contributed by atoms with Crippen molar-refractivity contribution >= 4 is 44.7 Å². The summed E-state index contributed by atoms with van der Waals surface area (Å²) in [5, 5.41) is 5.87. The molecule has 1 saturated heterocycles. The molecule has 2 aliphatic heterocycles. The largest absolute Gasteiger partial charge is 0.496 e. The summed E-state index contributed by atoms with van der Waals surface area (Å²) in [5.74, 6) is -1.12. The number of sulfonamides is 1. The highest BCUT2D eigenvalue weighted by molar-refractivity contribution is 7.91. The van der Waals surface area contributed by atoms with Gasteiger partial charge in [-0.25, -0.2) is 18.2 Å². The van der Waals surface area contributed by atoms with E-state index in [2.05, 4.69) is 28.9 Å². The third-order valence-corrected chi connectivity index (χ3v) is 14.9. The molecular formula is C45H63N5O10S. The van der Waals surface area contributed by atoms with Crippen LogP contribution in [-0.2, 0) is 35.6 Å². The number of amides is 4. The van der Waals surface area contributed by atoms with Crippen LogP contribution in [0.4, 0.5) is 4.79 Å². The number of carbonyl (C=O) groups is 4. The highest BCUT2D eigenvalue weighted by atomic mass is 32.2. The van der Waals surface area contributed by atoms with E-state index in [1.165, 1.54) is 11.0 Å². The van der Waals surface area contributed by atoms with E-state index in [9.17, 15) is 22.8 Å². The van der Waals surface area contributed by atoms with E-state index in [1.807, 2.05) is 26.0 Å². The predicted octanol–water partition coefficient (Wildman–Crippen LogP) is 5.87. The van der Waals surface area contributed by atoms with Gasteiger partial charge in [-0.3, -0.25) is 19.1 Å². The predicted molar refractivity (Wildman–Crippen MR) is 229 cm³/mol. The number of nitrogens with zero attached hydrogens (tertiary/aromatic N) is 2. The van der Waals surface area contributed by atoms with E-state index in [-0.39, 0.29) is 37.3 Å². The van der Waals surface area contributed by atoms with E-state index in [1.54, 1.807) is 13.2 Å². The van der Waals surface area contributed by atoms with Gasteiger partial charge in [0.1, 0.15) is 35.2 Å². The Hall–Kier alpha value is -4.60. The number of methoxy groups -OCH3 is 1. The Balaban J connectivity index is 1.26. The maximum atomic E-state index is 15.0. The zero-order valence-corrected chi connectivity index (χ0v) is 36.9. The molecule has 61 heavy (non-hydrogen) atoms. The van der Waals surface area contributed by atoms with Crippen LogP contribution in [0, 0.1) is 17.3 Å². The van der Waals surface area contributed by atoms with Gasteiger partial charge >= 0.3 is 6.09 Å². The molecule has 5 atom stereocenters. The standard InChI is InChI=1S/C45H63N5O10S/c1-6-8-12-20-58-38-24-37-33-21-29(36(57-5)23-34(33)46-38)16-13-19-44(3,4)27-59-43(54)47-39(28-14-10-9-11-15-28)41(52)50-26-31(60-37)22-35(50)40(51)48-45(25-30(45)7-2)42(53)49-61(55,56)32-17-18-32/h7,21,23-24,28,30-32,35,39H,2,6,8-20,22,25-27H2,1,3-5H3,(H,47,54)(H,48,51)(H,49,53)/t30-,31-,35+,39+,45-/m1/s1. The number of rotatable bonds is 13. The first-order valence-electron chi connectivity index (χ1n) is 22.2. The minimum Gasteiger partial charge on any atom is -0.496 e. The molecule has 4 amide bonds. The number of alkyl carbamates (subject to hydrolysis) is 1. The number of carbonyl (C=O) groups excluding carboxylic acids is 4. The van der Waals surface area contributed by atoms with Gasteiger partial charge in [-0.05, 0) is 80.8 Å². The molecule has 1 aromatic heterocycles. The summed E-state index contributed by atoms with van der Waals surface area (Å²) in [4.78, 5) is 63.3. The summed E-state index contributed by atoms with van der Waals surface area (Å²) >= 11 is 0. The van der Waals surface area contributed by atoms with E-state index in [0.717, 1.165) is 62.3 Å². The van der Waals surface area contributed by atoms with Crippen LogP contribution in [0.3, 0.4) is 0 Å². The lowest BCUT2D eigenvalue weighted by atomic mass is 9.83. The molecule has 334 valence electrons. The summed E-state index contributed by atoms with van der Waals surface area (Å²) in [6.07, 6.45) is 10.5. The summed E-state index contributed by atoms with van der Waals surface area (Å²) in [6, 6.07) is 3.53. The lowest BCUT2D eigenvalue weighted by Gasteiger charge is -2.35. The molecule has 5 aliphatic rings. The Morgan fingerprint density at radius 2 is 1.85 bits per heavy atom. The van der Waals surface area contributed by atoms with Crippen LogP contribution < -0.4 is 29.6 Å². The van der Waals surface area contributed by atoms with Gasteiger partial charge in [0, 0.05) is 29.9 Å². The molecule has 0 radical (unpaired) electrons. The van der Waals surface area contributed by atoms with Crippen LogP contribution in [-0.4, -0.2) is 98.0 Å². The number of aryl methyl sites for hydroxylation is 1. The molecular weight excluding hydrogens is 803 g/mol. The molecule has 4 bridgehead atoms. The van der Waals surface area contributed by atoms with Crippen molar-refractivity contribution in [3.05, 3.63) is 36.4 Å². The van der Waals surface area contributed by atoms with Crippen molar-refractivity contribution in [2.24, 2.45) is 17.3 Å². The maximum absolute atomic E-state index is 15.0. The van der Waals surface area contributed by atoms with Crippen molar-refractivity contribution < 1.29 is 46.5 Å². The van der Waals surface area contributed by atoms with Crippen LogP contribution >= 0.6 is 0 Å². The molecule has 3 aliphatic carbocycles. The number of ether oxygens (including phenoxy) is 4. The minimum absolute atomic E-state index is 0.0104. The molecule has 0 unspecified atom stereocenters. The fraction of sp³-hybridized carbons (Fsp3) is 0.667. The number of unbranched alkanes of at least 4 members (excludes halogenated alkanes) is 2. The Morgan fingerprint density at radius 3 is 2.54 bits per heavy atom. The fourth-order valence-corrected chi connectivity index (χ4v) is 10.6. The zero-order valence-electron chi connectivity index (χ0n) is 36.1. The molecule has 16 heteroatoms. The average molecular weight is 866 g/mol. The Bertz CT molecular complexity index is 2100. The van der Waals surface area contributed by atoms with Crippen molar-refractivity contribution in [3.8, 4) is 17.4 Å². The van der Waals surface area contributed by atoms with Crippen LogP contribution in [0.5, 0.6) is 17.4 Å². The second-order valence-electron chi connectivity index (χ2n) is 18.5. The third kappa shape index (κ3) is 10.2. The van der Waals surface area contributed by atoms with Crippen molar-refractivity contribution in [2.45, 2.75) is 146 Å². The summed E-state index contributed by atoms with van der Waals surface area (Å²) in [6.45, 7) is 10.6. The van der Waals surface area contributed by atoms with Gasteiger partial charge in [0.25, 0.3) is 5.91 Å². The number of hydrogen-bond acceptors (Lipinski definition) is 11. The van der Waals surface area contributed by atoms with Crippen LogP contribution in [0.25, 0.3) is 10.9 Å². The van der Waals surface area contributed by atoms with Crippen LogP contribution in [0.15, 0.2) is 30.9 Å². The molecule has 15 nitrogen and oxygen atoms in total. The van der Waals surface area contributed by atoms with Crippen molar-refractivity contribution in [3.63, 3.8) is 0 Å². The van der Waals surface area contributed by atoms with Gasteiger partial charge in [-0.2, -0.15) is 0 Å². The quantitative estimate of drug-likeness (QED) is 0.161. The van der Waals surface area contributed by atoms with E-state index in [0.29, 0.717) is 61.6 Å². The first kappa shape index (κ1) is 44.5. The number of hydrogen-bond donors (Lipinski definition) is 3. The third-order valence-electron chi connectivity index (χ3n) is 13.1. The lowest BCUT2D eigenvalue weighted by Crippen LogP contribution is -2.59. The normalized spacial score (nSPS) is 27.2. The zero-order chi connectivity index (χ0) is 43.5. The molecule has 3 saturated carbocycles. The number of aromatic nitrogens is 1. The van der Waals surface area contributed by atoms with Gasteiger partial charge in [0.2, 0.25) is 27.7 Å². The number of fused-ring (bicyclic) bond motifs is 3. The average Bonchev–Trinajstić information content (AvgIpc) is 4.17. The number of cyclic esters (lactones) is 1. The highest BCUT2D eigenvalue weighted by Crippen LogP contribution is 2.46. The van der Waals surface area contributed by atoms with Crippen LogP contribution in [0.1, 0.15) is 116 Å². The number of pyridine rings is 1. The van der Waals surface area contributed by atoms with Gasteiger partial charge in [-0.15, -0.1) is 6.58 Å². The molecule has 3 heterocycles. The summed E-state index contributed by atoms with van der Waals surface area (Å²) in [5.41, 5.74) is -0.392. The molecule has 0 spiro atoms. The highest BCUT2D eigenvalue weighted by Gasteiger charge is 2.62. The van der Waals surface area contributed by atoms with Gasteiger partial charge in [0.15, 0.2) is 0 Å². The van der Waals surface area contributed by atoms with E-state index < -0.39 is 68.7 Å². The van der Waals surface area contributed by atoms with Gasteiger partial charge in [-0.1, -0.05) is 59.0 Å². The van der Waals surface area contributed by atoms with Crippen molar-refractivity contribution in [1.82, 2.24) is 25.2 Å². The van der Waals surface area contributed by atoms with Gasteiger partial charge in [0.05, 0.1) is 37.6 Å². The van der Waals surface area contributed by atoms with E-state index >= 15 is 4.79 Å². The van der Waals surface area contributed by atoms with E-state index in [4.69, 9.17) is 23.9 Å². The van der Waals surface area contributed by atoms with Crippen molar-refractivity contribution in [1.29, 1.82) is 0 Å². The Labute approximate surface area is 359 Å². The smallest absolute Gasteiger partial charge is 0.407 e. The monoisotopic (exact) mass is 865 g/mol. The fourth-order valence-electron chi connectivity index (χ4n) is 9.19.